The van der Waals surface area contributed by atoms with Crippen LogP contribution in [0.15, 0.2) is 24.3 Å². The maximum atomic E-state index is 9.58. The SMILES string of the molecule is CC(O)c1nsc2nc3ccccc3n12. The lowest BCUT2D eigenvalue weighted by Crippen LogP contribution is -1.98. The summed E-state index contributed by atoms with van der Waals surface area (Å²) in [4.78, 5) is 5.25. The summed E-state index contributed by atoms with van der Waals surface area (Å²) in [6, 6.07) is 7.85. The Balaban J connectivity index is 2.49. The summed E-state index contributed by atoms with van der Waals surface area (Å²) in [5.74, 6) is 0.656. The van der Waals surface area contributed by atoms with Gasteiger partial charge in [-0.3, -0.25) is 4.40 Å². The van der Waals surface area contributed by atoms with Crippen LogP contribution in [0.2, 0.25) is 0 Å². The minimum absolute atomic E-state index is 0.573. The van der Waals surface area contributed by atoms with Crippen LogP contribution in [0.25, 0.3) is 16.0 Å². The summed E-state index contributed by atoms with van der Waals surface area (Å²) in [7, 11) is 0. The molecule has 4 nitrogen and oxygen atoms in total. The van der Waals surface area contributed by atoms with Crippen molar-refractivity contribution in [2.75, 3.05) is 0 Å². The molecule has 0 amide bonds. The molecule has 0 aliphatic heterocycles. The van der Waals surface area contributed by atoms with Crippen LogP contribution in [0.3, 0.4) is 0 Å². The number of hydrogen-bond acceptors (Lipinski definition) is 4. The van der Waals surface area contributed by atoms with E-state index in [9.17, 15) is 5.11 Å². The molecule has 76 valence electrons. The van der Waals surface area contributed by atoms with Crippen LogP contribution in [0, 0.1) is 0 Å². The third kappa shape index (κ3) is 1.17. The summed E-state index contributed by atoms with van der Waals surface area (Å²) in [6.07, 6.45) is -0.573. The summed E-state index contributed by atoms with van der Waals surface area (Å²) in [5, 5.41) is 9.58. The molecule has 0 radical (unpaired) electrons. The average Bonchev–Trinajstić information content (AvgIpc) is 2.74. The van der Waals surface area contributed by atoms with Gasteiger partial charge in [-0.05, 0) is 19.1 Å². The number of rotatable bonds is 1. The topological polar surface area (TPSA) is 50.4 Å². The molecule has 3 rings (SSSR count). The van der Waals surface area contributed by atoms with Gasteiger partial charge in [0, 0.05) is 11.5 Å². The minimum atomic E-state index is -0.573. The van der Waals surface area contributed by atoms with Crippen molar-refractivity contribution in [1.29, 1.82) is 0 Å². The van der Waals surface area contributed by atoms with E-state index in [4.69, 9.17) is 0 Å². The maximum absolute atomic E-state index is 9.58. The van der Waals surface area contributed by atoms with Crippen molar-refractivity contribution in [3.63, 3.8) is 0 Å². The van der Waals surface area contributed by atoms with Crippen molar-refractivity contribution in [3.05, 3.63) is 30.1 Å². The molecule has 0 saturated carbocycles. The third-order valence-electron chi connectivity index (χ3n) is 2.35. The normalized spacial score (nSPS) is 13.7. The predicted octanol–water partition coefficient (Wildman–Crippen LogP) is 2.00. The van der Waals surface area contributed by atoms with E-state index in [0.717, 1.165) is 16.0 Å². The number of benzene rings is 1. The smallest absolute Gasteiger partial charge is 0.214 e. The number of fused-ring (bicyclic) bond motifs is 3. The lowest BCUT2D eigenvalue weighted by atomic mass is 10.3. The Hall–Kier alpha value is -1.46. The maximum Gasteiger partial charge on any atom is 0.214 e. The summed E-state index contributed by atoms with van der Waals surface area (Å²) in [6.45, 7) is 1.71. The third-order valence-corrected chi connectivity index (χ3v) is 3.07. The molecule has 0 saturated heterocycles. The molecule has 1 atom stereocenters. The highest BCUT2D eigenvalue weighted by Crippen LogP contribution is 2.23. The van der Waals surface area contributed by atoms with E-state index < -0.39 is 6.10 Å². The van der Waals surface area contributed by atoms with E-state index in [-0.39, 0.29) is 0 Å². The Morgan fingerprint density at radius 3 is 3.00 bits per heavy atom. The Kier molecular flexibility index (Phi) is 1.77. The van der Waals surface area contributed by atoms with Crippen LogP contribution in [-0.4, -0.2) is 18.9 Å². The molecule has 5 heteroatoms. The van der Waals surface area contributed by atoms with E-state index in [0.29, 0.717) is 5.82 Å². The highest BCUT2D eigenvalue weighted by Gasteiger charge is 2.14. The minimum Gasteiger partial charge on any atom is -0.385 e. The predicted molar refractivity (Wildman–Crippen MR) is 59.0 cm³/mol. The highest BCUT2D eigenvalue weighted by molar-refractivity contribution is 7.11. The second-order valence-corrected chi connectivity index (χ2v) is 4.17. The quantitative estimate of drug-likeness (QED) is 0.681. The molecule has 0 spiro atoms. The van der Waals surface area contributed by atoms with Crippen LogP contribution < -0.4 is 0 Å². The van der Waals surface area contributed by atoms with Gasteiger partial charge in [0.15, 0.2) is 5.82 Å². The van der Waals surface area contributed by atoms with Crippen molar-refractivity contribution in [1.82, 2.24) is 13.8 Å². The first-order chi connectivity index (χ1) is 7.27. The van der Waals surface area contributed by atoms with Crippen molar-refractivity contribution in [3.8, 4) is 0 Å². The fraction of sp³-hybridized carbons (Fsp3) is 0.200. The molecule has 1 aromatic carbocycles. The fourth-order valence-corrected chi connectivity index (χ4v) is 2.50. The molecule has 0 fully saturated rings. The van der Waals surface area contributed by atoms with Gasteiger partial charge in [-0.25, -0.2) is 4.98 Å². The molecule has 15 heavy (non-hydrogen) atoms. The Labute approximate surface area is 90.0 Å². The first-order valence-electron chi connectivity index (χ1n) is 4.68. The van der Waals surface area contributed by atoms with Gasteiger partial charge < -0.3 is 5.11 Å². The molecule has 0 bridgehead atoms. The number of hydrogen-bond donors (Lipinski definition) is 1. The van der Waals surface area contributed by atoms with Crippen LogP contribution in [0.5, 0.6) is 0 Å². The highest BCUT2D eigenvalue weighted by atomic mass is 32.1. The molecular weight excluding hydrogens is 210 g/mol. The van der Waals surface area contributed by atoms with Crippen LogP contribution in [0.1, 0.15) is 18.9 Å². The second-order valence-electron chi connectivity index (χ2n) is 3.44. The van der Waals surface area contributed by atoms with Crippen molar-refractivity contribution >= 4 is 27.5 Å². The van der Waals surface area contributed by atoms with Crippen LogP contribution in [0.4, 0.5) is 0 Å². The van der Waals surface area contributed by atoms with Crippen molar-refractivity contribution in [2.24, 2.45) is 0 Å². The van der Waals surface area contributed by atoms with Gasteiger partial charge in [0.05, 0.1) is 11.0 Å². The van der Waals surface area contributed by atoms with E-state index in [1.165, 1.54) is 11.5 Å². The van der Waals surface area contributed by atoms with Crippen LogP contribution in [-0.2, 0) is 0 Å². The Morgan fingerprint density at radius 2 is 2.20 bits per heavy atom. The molecule has 3 aromatic rings. The number of nitrogens with zero attached hydrogens (tertiary/aromatic N) is 3. The van der Waals surface area contributed by atoms with Gasteiger partial charge >= 0.3 is 0 Å². The van der Waals surface area contributed by atoms with Gasteiger partial charge in [-0.2, -0.15) is 4.37 Å². The van der Waals surface area contributed by atoms with Gasteiger partial charge in [0.25, 0.3) is 0 Å². The van der Waals surface area contributed by atoms with E-state index in [2.05, 4.69) is 9.36 Å². The zero-order chi connectivity index (χ0) is 10.4. The number of aromatic nitrogens is 3. The van der Waals surface area contributed by atoms with E-state index in [1.54, 1.807) is 6.92 Å². The largest absolute Gasteiger partial charge is 0.385 e. The molecule has 1 unspecified atom stereocenters. The van der Waals surface area contributed by atoms with E-state index in [1.807, 2.05) is 28.7 Å². The summed E-state index contributed by atoms with van der Waals surface area (Å²) < 4.78 is 6.10. The fourth-order valence-electron chi connectivity index (χ4n) is 1.68. The number of para-hydroxylation sites is 2. The standard InChI is InChI=1S/C10H9N3OS/c1-6(14)9-12-15-10-11-7-4-2-3-5-8(7)13(9)10/h2-6,14H,1H3. The van der Waals surface area contributed by atoms with Gasteiger partial charge in [-0.15, -0.1) is 0 Å². The number of imidazole rings is 1. The average molecular weight is 219 g/mol. The monoisotopic (exact) mass is 219 g/mol. The zero-order valence-corrected chi connectivity index (χ0v) is 8.90. The van der Waals surface area contributed by atoms with E-state index >= 15 is 0 Å². The van der Waals surface area contributed by atoms with Crippen molar-refractivity contribution < 1.29 is 5.11 Å². The molecule has 1 N–H and O–H groups in total. The van der Waals surface area contributed by atoms with Gasteiger partial charge in [-0.1, -0.05) is 12.1 Å². The zero-order valence-electron chi connectivity index (χ0n) is 8.08. The molecule has 0 aliphatic carbocycles. The number of aliphatic hydroxyl groups excluding tert-OH is 1. The second kappa shape index (κ2) is 3.01. The first kappa shape index (κ1) is 8.82. The lowest BCUT2D eigenvalue weighted by molar-refractivity contribution is 0.189. The first-order valence-corrected chi connectivity index (χ1v) is 5.45. The lowest BCUT2D eigenvalue weighted by Gasteiger charge is -2.00. The number of aliphatic hydroxyl groups is 1. The summed E-state index contributed by atoms with van der Waals surface area (Å²) in [5.41, 5.74) is 1.94. The molecule has 2 aromatic heterocycles. The van der Waals surface area contributed by atoms with Gasteiger partial charge in [0.2, 0.25) is 4.96 Å². The van der Waals surface area contributed by atoms with Gasteiger partial charge in [0.1, 0.15) is 6.10 Å². The molecule has 2 heterocycles. The Morgan fingerprint density at radius 1 is 1.40 bits per heavy atom. The molecular formula is C10H9N3OS. The van der Waals surface area contributed by atoms with Crippen LogP contribution >= 0.6 is 11.5 Å². The summed E-state index contributed by atoms with van der Waals surface area (Å²) >= 11 is 1.31. The Bertz CT molecular complexity index is 626. The van der Waals surface area contributed by atoms with Crippen molar-refractivity contribution in [2.45, 2.75) is 13.0 Å². The molecule has 0 aliphatic rings.